The maximum absolute atomic E-state index is 11.8. The van der Waals surface area contributed by atoms with E-state index in [4.69, 9.17) is 15.2 Å². The summed E-state index contributed by atoms with van der Waals surface area (Å²) < 4.78 is 10.1. The first-order valence-corrected chi connectivity index (χ1v) is 6.23. The molecule has 0 saturated heterocycles. The Kier molecular flexibility index (Phi) is 5.18. The first-order chi connectivity index (χ1) is 8.89. The fourth-order valence-electron chi connectivity index (χ4n) is 1.81. The van der Waals surface area contributed by atoms with Crippen molar-refractivity contribution >= 4 is 17.3 Å². The Morgan fingerprint density at radius 3 is 2.68 bits per heavy atom. The number of hydrogen-bond acceptors (Lipinski definition) is 5. The number of methoxy groups -OCH3 is 1. The summed E-state index contributed by atoms with van der Waals surface area (Å²) in [7, 11) is 1.65. The Balaban J connectivity index is 2.93. The number of carbonyl (C=O) groups is 1. The smallest absolute Gasteiger partial charge is 0.340 e. The third-order valence-corrected chi connectivity index (χ3v) is 2.54. The molecule has 0 heterocycles. The summed E-state index contributed by atoms with van der Waals surface area (Å²) in [5, 5.41) is 3.30. The monoisotopic (exact) mass is 266 g/mol. The van der Waals surface area contributed by atoms with Crippen LogP contribution in [-0.4, -0.2) is 31.8 Å². The molecule has 3 N–H and O–H groups in total. The van der Waals surface area contributed by atoms with Gasteiger partial charge in [-0.1, -0.05) is 0 Å². The lowest BCUT2D eigenvalue weighted by Crippen LogP contribution is -2.35. The summed E-state index contributed by atoms with van der Waals surface area (Å²) in [5.41, 5.74) is 7.14. The molecule has 0 amide bonds. The van der Waals surface area contributed by atoms with Gasteiger partial charge in [-0.05, 0) is 39.0 Å². The number of ether oxygens (including phenoxy) is 2. The van der Waals surface area contributed by atoms with Crippen LogP contribution in [0.3, 0.4) is 0 Å². The maximum Gasteiger partial charge on any atom is 0.340 e. The average molecular weight is 266 g/mol. The summed E-state index contributed by atoms with van der Waals surface area (Å²) in [6, 6.07) is 5.22. The molecule has 0 spiro atoms. The van der Waals surface area contributed by atoms with Crippen LogP contribution in [0.5, 0.6) is 0 Å². The minimum atomic E-state index is -0.409. The Labute approximate surface area is 114 Å². The van der Waals surface area contributed by atoms with Crippen molar-refractivity contribution in [2.45, 2.75) is 26.3 Å². The number of esters is 1. The second-order valence-corrected chi connectivity index (χ2v) is 4.96. The summed E-state index contributed by atoms with van der Waals surface area (Å²) in [5.74, 6) is -0.409. The lowest BCUT2D eigenvalue weighted by atomic mass is 10.1. The minimum Gasteiger partial charge on any atom is -0.462 e. The number of nitrogens with one attached hydrogen (secondary N) is 1. The van der Waals surface area contributed by atoms with Gasteiger partial charge in [0.2, 0.25) is 0 Å². The standard InChI is InChI=1S/C14H22N2O3/c1-5-19-13(17)11-8-10(6-7-12(11)15)16-14(2,3)9-18-4/h6-8,16H,5,9,15H2,1-4H3. The lowest BCUT2D eigenvalue weighted by Gasteiger charge is -2.27. The number of anilines is 2. The highest BCUT2D eigenvalue weighted by atomic mass is 16.5. The summed E-state index contributed by atoms with van der Waals surface area (Å²) in [6.07, 6.45) is 0. The molecule has 1 rings (SSSR count). The third kappa shape index (κ3) is 4.44. The van der Waals surface area contributed by atoms with Crippen LogP contribution in [-0.2, 0) is 9.47 Å². The van der Waals surface area contributed by atoms with E-state index in [2.05, 4.69) is 5.32 Å². The van der Waals surface area contributed by atoms with E-state index in [0.717, 1.165) is 5.69 Å². The molecule has 0 fully saturated rings. The zero-order valence-corrected chi connectivity index (χ0v) is 11.9. The minimum absolute atomic E-state index is 0.239. The molecule has 1 aromatic rings. The Morgan fingerprint density at radius 2 is 2.11 bits per heavy atom. The molecule has 1 aromatic carbocycles. The van der Waals surface area contributed by atoms with Gasteiger partial charge in [0.15, 0.2) is 0 Å². The van der Waals surface area contributed by atoms with E-state index in [-0.39, 0.29) is 5.54 Å². The van der Waals surface area contributed by atoms with Crippen molar-refractivity contribution in [1.29, 1.82) is 0 Å². The molecule has 0 unspecified atom stereocenters. The first kappa shape index (κ1) is 15.3. The van der Waals surface area contributed by atoms with E-state index < -0.39 is 5.97 Å². The predicted molar refractivity (Wildman–Crippen MR) is 76.4 cm³/mol. The van der Waals surface area contributed by atoms with Crippen molar-refractivity contribution < 1.29 is 14.3 Å². The molecular weight excluding hydrogens is 244 g/mol. The topological polar surface area (TPSA) is 73.6 Å². The van der Waals surface area contributed by atoms with Gasteiger partial charge in [-0.2, -0.15) is 0 Å². The van der Waals surface area contributed by atoms with Gasteiger partial charge < -0.3 is 20.5 Å². The van der Waals surface area contributed by atoms with E-state index in [0.29, 0.717) is 24.5 Å². The molecule has 5 heteroatoms. The highest BCUT2D eigenvalue weighted by Gasteiger charge is 2.18. The van der Waals surface area contributed by atoms with E-state index >= 15 is 0 Å². The Bertz CT molecular complexity index is 444. The van der Waals surface area contributed by atoms with Crippen molar-refractivity contribution in [3.8, 4) is 0 Å². The highest BCUT2D eigenvalue weighted by molar-refractivity contribution is 5.96. The largest absolute Gasteiger partial charge is 0.462 e. The molecule has 0 radical (unpaired) electrons. The Hall–Kier alpha value is -1.75. The predicted octanol–water partition coefficient (Wildman–Crippen LogP) is 2.28. The van der Waals surface area contributed by atoms with Crippen LogP contribution in [0, 0.1) is 0 Å². The van der Waals surface area contributed by atoms with E-state index in [1.54, 1.807) is 26.2 Å². The fraction of sp³-hybridized carbons (Fsp3) is 0.500. The van der Waals surface area contributed by atoms with Crippen molar-refractivity contribution in [2.24, 2.45) is 0 Å². The zero-order chi connectivity index (χ0) is 14.5. The van der Waals surface area contributed by atoms with Crippen LogP contribution < -0.4 is 11.1 Å². The van der Waals surface area contributed by atoms with Crippen LogP contribution in [0.1, 0.15) is 31.1 Å². The molecule has 106 valence electrons. The van der Waals surface area contributed by atoms with Gasteiger partial charge in [0.25, 0.3) is 0 Å². The van der Waals surface area contributed by atoms with Gasteiger partial charge in [-0.3, -0.25) is 0 Å². The van der Waals surface area contributed by atoms with Crippen molar-refractivity contribution in [3.63, 3.8) is 0 Å². The number of nitrogen functional groups attached to an aromatic ring is 1. The van der Waals surface area contributed by atoms with Crippen molar-refractivity contribution in [2.75, 3.05) is 31.4 Å². The number of nitrogens with two attached hydrogens (primary N) is 1. The quantitative estimate of drug-likeness (QED) is 0.610. The third-order valence-electron chi connectivity index (χ3n) is 2.54. The lowest BCUT2D eigenvalue weighted by molar-refractivity contribution is 0.0527. The van der Waals surface area contributed by atoms with Crippen LogP contribution in [0.15, 0.2) is 18.2 Å². The van der Waals surface area contributed by atoms with Gasteiger partial charge in [-0.25, -0.2) is 4.79 Å². The molecule has 0 saturated carbocycles. The summed E-state index contributed by atoms with van der Waals surface area (Å²) in [6.45, 7) is 6.66. The summed E-state index contributed by atoms with van der Waals surface area (Å²) >= 11 is 0. The van der Waals surface area contributed by atoms with Gasteiger partial charge in [-0.15, -0.1) is 0 Å². The second-order valence-electron chi connectivity index (χ2n) is 4.96. The van der Waals surface area contributed by atoms with Crippen molar-refractivity contribution in [1.82, 2.24) is 0 Å². The molecule has 0 aromatic heterocycles. The average Bonchev–Trinajstić information content (AvgIpc) is 2.31. The van der Waals surface area contributed by atoms with Gasteiger partial charge in [0, 0.05) is 18.5 Å². The van der Waals surface area contributed by atoms with Crippen LogP contribution in [0.25, 0.3) is 0 Å². The fourth-order valence-corrected chi connectivity index (χ4v) is 1.81. The molecule has 0 aliphatic rings. The van der Waals surface area contributed by atoms with Crippen LogP contribution in [0.4, 0.5) is 11.4 Å². The van der Waals surface area contributed by atoms with E-state index in [9.17, 15) is 4.79 Å². The number of benzene rings is 1. The SMILES string of the molecule is CCOC(=O)c1cc(NC(C)(C)COC)ccc1N. The highest BCUT2D eigenvalue weighted by Crippen LogP contribution is 2.22. The molecular formula is C14H22N2O3. The molecule has 0 aliphatic carbocycles. The molecule has 5 nitrogen and oxygen atoms in total. The molecule has 0 bridgehead atoms. The van der Waals surface area contributed by atoms with Crippen LogP contribution in [0.2, 0.25) is 0 Å². The van der Waals surface area contributed by atoms with Gasteiger partial charge >= 0.3 is 5.97 Å². The number of carbonyl (C=O) groups excluding carboxylic acids is 1. The van der Waals surface area contributed by atoms with E-state index in [1.165, 1.54) is 0 Å². The zero-order valence-electron chi connectivity index (χ0n) is 11.9. The molecule has 0 atom stereocenters. The molecule has 19 heavy (non-hydrogen) atoms. The van der Waals surface area contributed by atoms with Gasteiger partial charge in [0.05, 0.1) is 24.3 Å². The first-order valence-electron chi connectivity index (χ1n) is 6.23. The van der Waals surface area contributed by atoms with E-state index in [1.807, 2.05) is 19.9 Å². The number of rotatable bonds is 6. The second kappa shape index (κ2) is 6.43. The number of hydrogen-bond donors (Lipinski definition) is 2. The van der Waals surface area contributed by atoms with Crippen molar-refractivity contribution in [3.05, 3.63) is 23.8 Å². The van der Waals surface area contributed by atoms with Gasteiger partial charge in [0.1, 0.15) is 0 Å². The Morgan fingerprint density at radius 1 is 1.42 bits per heavy atom. The molecule has 0 aliphatic heterocycles. The normalized spacial score (nSPS) is 11.2. The maximum atomic E-state index is 11.8. The van der Waals surface area contributed by atoms with Crippen LogP contribution >= 0.6 is 0 Å². The summed E-state index contributed by atoms with van der Waals surface area (Å²) in [4.78, 5) is 11.8.